The van der Waals surface area contributed by atoms with Crippen molar-refractivity contribution >= 4 is 22.7 Å². The molecule has 0 bridgehead atoms. The number of aromatic nitrogens is 1. The maximum atomic E-state index is 12.1. The Balaban J connectivity index is 2.96. The molecule has 0 amide bonds. The monoisotopic (exact) mass is 287 g/mol. The molecule has 1 aromatic heterocycles. The van der Waals surface area contributed by atoms with Gasteiger partial charge in [-0.15, -0.1) is 0 Å². The van der Waals surface area contributed by atoms with Crippen LogP contribution in [0.4, 0.5) is 0 Å². The van der Waals surface area contributed by atoms with Crippen LogP contribution in [0, 0.1) is 13.8 Å². The van der Waals surface area contributed by atoms with E-state index in [1.165, 1.54) is 17.6 Å². The molecular weight excluding hydrogens is 270 g/mol. The minimum atomic E-state index is -0.996. The standard InChI is InChI=1S/C16H17NO4/c1-8-7-13-12(9(2)15(8)16(20)21)5-6-14(19)17(13)10(3)11(4)18/h5-7,10H,1-4H3,(H,20,21). The highest BCUT2D eigenvalue weighted by Crippen LogP contribution is 2.26. The average Bonchev–Trinajstić information content (AvgIpc) is 2.37. The van der Waals surface area contributed by atoms with Gasteiger partial charge in [0.15, 0.2) is 5.78 Å². The highest BCUT2D eigenvalue weighted by molar-refractivity contribution is 5.98. The molecule has 1 aromatic carbocycles. The number of nitrogens with zero attached hydrogens (tertiary/aromatic N) is 1. The molecular formula is C16H17NO4. The van der Waals surface area contributed by atoms with Gasteiger partial charge in [0.25, 0.3) is 5.56 Å². The average molecular weight is 287 g/mol. The summed E-state index contributed by atoms with van der Waals surface area (Å²) in [6.07, 6.45) is 0. The number of pyridine rings is 1. The van der Waals surface area contributed by atoms with Gasteiger partial charge in [-0.3, -0.25) is 14.2 Å². The van der Waals surface area contributed by atoms with Gasteiger partial charge in [-0.25, -0.2) is 4.79 Å². The van der Waals surface area contributed by atoms with Gasteiger partial charge in [0.05, 0.1) is 17.1 Å². The first-order valence-electron chi connectivity index (χ1n) is 6.65. The number of aromatic carboxylic acids is 1. The number of carbonyl (C=O) groups is 2. The third kappa shape index (κ3) is 2.35. The molecule has 0 aliphatic carbocycles. The van der Waals surface area contributed by atoms with E-state index >= 15 is 0 Å². The number of ketones is 1. The molecule has 5 nitrogen and oxygen atoms in total. The van der Waals surface area contributed by atoms with Crippen LogP contribution in [-0.4, -0.2) is 21.4 Å². The van der Waals surface area contributed by atoms with Crippen molar-refractivity contribution in [1.82, 2.24) is 4.57 Å². The van der Waals surface area contributed by atoms with E-state index in [9.17, 15) is 19.5 Å². The lowest BCUT2D eigenvalue weighted by Crippen LogP contribution is -2.27. The first kappa shape index (κ1) is 15.0. The SMILES string of the molecule is CC(=O)C(C)n1c(=O)ccc2c(C)c(C(=O)O)c(C)cc21. The van der Waals surface area contributed by atoms with Gasteiger partial charge < -0.3 is 5.11 Å². The van der Waals surface area contributed by atoms with E-state index in [1.807, 2.05) is 0 Å². The van der Waals surface area contributed by atoms with E-state index in [-0.39, 0.29) is 16.9 Å². The van der Waals surface area contributed by atoms with Gasteiger partial charge >= 0.3 is 5.97 Å². The number of benzene rings is 1. The maximum absolute atomic E-state index is 12.1. The summed E-state index contributed by atoms with van der Waals surface area (Å²) in [6.45, 7) is 6.50. The van der Waals surface area contributed by atoms with Crippen LogP contribution in [0.5, 0.6) is 0 Å². The van der Waals surface area contributed by atoms with E-state index in [2.05, 4.69) is 0 Å². The largest absolute Gasteiger partial charge is 0.478 e. The predicted octanol–water partition coefficient (Wildman–Crippen LogP) is 2.47. The Morgan fingerprint density at radius 3 is 2.38 bits per heavy atom. The number of hydrogen-bond donors (Lipinski definition) is 1. The van der Waals surface area contributed by atoms with Crippen LogP contribution in [0.2, 0.25) is 0 Å². The van der Waals surface area contributed by atoms with Gasteiger partial charge in [0.1, 0.15) is 0 Å². The Labute approximate surface area is 121 Å². The molecule has 110 valence electrons. The third-order valence-electron chi connectivity index (χ3n) is 3.88. The molecule has 5 heteroatoms. The maximum Gasteiger partial charge on any atom is 0.336 e. The zero-order chi connectivity index (χ0) is 15.9. The Bertz CT molecular complexity index is 817. The number of Topliss-reactive ketones (excluding diaryl/α,β-unsaturated/α-hetero) is 1. The number of carbonyl (C=O) groups excluding carboxylic acids is 1. The van der Waals surface area contributed by atoms with E-state index in [0.717, 1.165) is 0 Å². The number of carboxylic acids is 1. The van der Waals surface area contributed by atoms with Crippen molar-refractivity contribution in [2.24, 2.45) is 0 Å². The van der Waals surface area contributed by atoms with Crippen LogP contribution in [0.1, 0.15) is 41.4 Å². The zero-order valence-corrected chi connectivity index (χ0v) is 12.4. The van der Waals surface area contributed by atoms with Crippen LogP contribution in [0.15, 0.2) is 23.0 Å². The van der Waals surface area contributed by atoms with Crippen molar-refractivity contribution in [2.45, 2.75) is 33.7 Å². The summed E-state index contributed by atoms with van der Waals surface area (Å²) in [7, 11) is 0. The first-order chi connectivity index (χ1) is 9.75. The fourth-order valence-electron chi connectivity index (χ4n) is 2.65. The van der Waals surface area contributed by atoms with E-state index in [0.29, 0.717) is 22.0 Å². The minimum absolute atomic E-state index is 0.123. The van der Waals surface area contributed by atoms with E-state index in [1.54, 1.807) is 32.9 Å². The second kappa shape index (κ2) is 5.16. The van der Waals surface area contributed by atoms with Crippen LogP contribution in [0.25, 0.3) is 10.9 Å². The Hall–Kier alpha value is -2.43. The second-order valence-electron chi connectivity index (χ2n) is 5.26. The van der Waals surface area contributed by atoms with Crippen molar-refractivity contribution < 1.29 is 14.7 Å². The fraction of sp³-hybridized carbons (Fsp3) is 0.312. The quantitative estimate of drug-likeness (QED) is 0.940. The molecule has 0 radical (unpaired) electrons. The molecule has 2 aromatic rings. The normalized spacial score (nSPS) is 12.4. The predicted molar refractivity (Wildman–Crippen MR) is 80.0 cm³/mol. The molecule has 0 aliphatic heterocycles. The lowest BCUT2D eigenvalue weighted by molar-refractivity contribution is -0.119. The summed E-state index contributed by atoms with van der Waals surface area (Å²) in [4.78, 5) is 35.1. The summed E-state index contributed by atoms with van der Waals surface area (Å²) >= 11 is 0. The summed E-state index contributed by atoms with van der Waals surface area (Å²) in [6, 6.07) is 4.06. The van der Waals surface area contributed by atoms with Gasteiger partial charge in [-0.2, -0.15) is 0 Å². The van der Waals surface area contributed by atoms with Crippen molar-refractivity contribution in [3.8, 4) is 0 Å². The lowest BCUT2D eigenvalue weighted by atomic mass is 9.97. The third-order valence-corrected chi connectivity index (χ3v) is 3.88. The van der Waals surface area contributed by atoms with Crippen molar-refractivity contribution in [1.29, 1.82) is 0 Å². The molecule has 0 saturated carbocycles. The van der Waals surface area contributed by atoms with Crippen molar-refractivity contribution in [2.75, 3.05) is 0 Å². The Morgan fingerprint density at radius 1 is 1.24 bits per heavy atom. The molecule has 1 atom stereocenters. The van der Waals surface area contributed by atoms with E-state index < -0.39 is 12.0 Å². The number of rotatable bonds is 3. The van der Waals surface area contributed by atoms with Crippen LogP contribution >= 0.6 is 0 Å². The molecule has 0 fully saturated rings. The molecule has 0 aliphatic rings. The smallest absolute Gasteiger partial charge is 0.336 e. The molecule has 0 spiro atoms. The molecule has 21 heavy (non-hydrogen) atoms. The van der Waals surface area contributed by atoms with Crippen molar-refractivity contribution in [3.63, 3.8) is 0 Å². The molecule has 1 heterocycles. The molecule has 2 rings (SSSR count). The van der Waals surface area contributed by atoms with Crippen LogP contribution in [0.3, 0.4) is 0 Å². The number of aryl methyl sites for hydroxylation is 2. The number of hydrogen-bond acceptors (Lipinski definition) is 3. The highest BCUT2D eigenvalue weighted by atomic mass is 16.4. The Kier molecular flexibility index (Phi) is 3.68. The number of fused-ring (bicyclic) bond motifs is 1. The van der Waals surface area contributed by atoms with Crippen LogP contribution < -0.4 is 5.56 Å². The van der Waals surface area contributed by atoms with Gasteiger partial charge in [0, 0.05) is 11.5 Å². The van der Waals surface area contributed by atoms with Crippen molar-refractivity contribution in [3.05, 3.63) is 45.2 Å². The van der Waals surface area contributed by atoms with Gasteiger partial charge in [0.2, 0.25) is 0 Å². The highest BCUT2D eigenvalue weighted by Gasteiger charge is 2.19. The molecule has 1 N–H and O–H groups in total. The van der Waals surface area contributed by atoms with E-state index in [4.69, 9.17) is 0 Å². The fourth-order valence-corrected chi connectivity index (χ4v) is 2.65. The summed E-state index contributed by atoms with van der Waals surface area (Å²) in [5.41, 5.74) is 1.73. The van der Waals surface area contributed by atoms with Gasteiger partial charge in [-0.05, 0) is 51.0 Å². The second-order valence-corrected chi connectivity index (χ2v) is 5.26. The molecule has 1 unspecified atom stereocenters. The summed E-state index contributed by atoms with van der Waals surface area (Å²) in [5, 5.41) is 9.98. The lowest BCUT2D eigenvalue weighted by Gasteiger charge is -2.18. The summed E-state index contributed by atoms with van der Waals surface area (Å²) < 4.78 is 1.42. The van der Waals surface area contributed by atoms with Crippen LogP contribution in [-0.2, 0) is 4.79 Å². The topological polar surface area (TPSA) is 76.4 Å². The summed E-state index contributed by atoms with van der Waals surface area (Å²) in [5.74, 6) is -1.12. The Morgan fingerprint density at radius 2 is 1.86 bits per heavy atom. The van der Waals surface area contributed by atoms with Gasteiger partial charge in [-0.1, -0.05) is 0 Å². The zero-order valence-electron chi connectivity index (χ0n) is 12.4. The number of carboxylic acid groups (broad SMARTS) is 1. The molecule has 0 saturated heterocycles. The first-order valence-corrected chi connectivity index (χ1v) is 6.65. The minimum Gasteiger partial charge on any atom is -0.478 e.